The lowest BCUT2D eigenvalue weighted by Gasteiger charge is -2.16. The minimum atomic E-state index is -0.240. The summed E-state index contributed by atoms with van der Waals surface area (Å²) in [5, 5.41) is 14.2. The zero-order valence-corrected chi connectivity index (χ0v) is 14.2. The normalized spacial score (nSPS) is 10.7. The van der Waals surface area contributed by atoms with Crippen LogP contribution in [0.15, 0.2) is 30.3 Å². The molecular weight excluding hydrogens is 288 g/mol. The molecule has 0 aliphatic heterocycles. The third kappa shape index (κ3) is 4.28. The molecule has 0 aliphatic carbocycles. The molecule has 2 rings (SSSR count). The zero-order chi connectivity index (χ0) is 16.8. The van der Waals surface area contributed by atoms with Crippen molar-refractivity contribution in [2.24, 2.45) is 0 Å². The van der Waals surface area contributed by atoms with Crippen LogP contribution in [0.2, 0.25) is 0 Å². The van der Waals surface area contributed by atoms with Gasteiger partial charge in [0.05, 0.1) is 0 Å². The number of carbonyl (C=O) groups is 1. The van der Waals surface area contributed by atoms with Gasteiger partial charge < -0.3 is 10.6 Å². The number of nitrogens with one attached hydrogen (secondary N) is 2. The van der Waals surface area contributed by atoms with Crippen molar-refractivity contribution in [3.63, 3.8) is 0 Å². The summed E-state index contributed by atoms with van der Waals surface area (Å²) in [5.74, 6) is 0.773. The molecule has 0 atom stereocenters. The molecule has 0 saturated heterocycles. The number of aryl methyl sites for hydroxylation is 1. The first kappa shape index (κ1) is 16.9. The van der Waals surface area contributed by atoms with Crippen molar-refractivity contribution in [2.75, 3.05) is 17.2 Å². The molecule has 5 nitrogen and oxygen atoms in total. The zero-order valence-electron chi connectivity index (χ0n) is 14.2. The summed E-state index contributed by atoms with van der Waals surface area (Å²) in [7, 11) is 0. The summed E-state index contributed by atoms with van der Waals surface area (Å²) in [6.07, 6.45) is 1.01. The van der Waals surface area contributed by atoms with Crippen LogP contribution in [-0.2, 0) is 0 Å². The Morgan fingerprint density at radius 1 is 1.17 bits per heavy atom. The number of benzene rings is 1. The molecule has 2 aromatic rings. The number of carbonyl (C=O) groups excluding carboxylic acids is 1. The van der Waals surface area contributed by atoms with Gasteiger partial charge in [-0.1, -0.05) is 39.0 Å². The molecule has 0 aliphatic rings. The highest BCUT2D eigenvalue weighted by Gasteiger charge is 2.14. The molecule has 0 radical (unpaired) electrons. The van der Waals surface area contributed by atoms with Crippen LogP contribution in [0.5, 0.6) is 0 Å². The van der Waals surface area contributed by atoms with E-state index in [0.29, 0.717) is 17.4 Å². The number of aromatic nitrogens is 2. The van der Waals surface area contributed by atoms with E-state index in [9.17, 15) is 4.79 Å². The lowest BCUT2D eigenvalue weighted by atomic mass is 9.98. The van der Waals surface area contributed by atoms with Crippen LogP contribution in [0, 0.1) is 6.92 Å². The van der Waals surface area contributed by atoms with Gasteiger partial charge in [-0.3, -0.25) is 4.79 Å². The van der Waals surface area contributed by atoms with Gasteiger partial charge in [-0.2, -0.15) is 0 Å². The molecule has 2 N–H and O–H groups in total. The topological polar surface area (TPSA) is 66.9 Å². The maximum Gasteiger partial charge on any atom is 0.276 e. The van der Waals surface area contributed by atoms with Crippen LogP contribution >= 0.6 is 0 Å². The summed E-state index contributed by atoms with van der Waals surface area (Å²) < 4.78 is 0. The van der Waals surface area contributed by atoms with Crippen LogP contribution in [0.1, 0.15) is 54.7 Å². The second kappa shape index (κ2) is 7.72. The fourth-order valence-corrected chi connectivity index (χ4v) is 2.32. The molecule has 1 amide bonds. The Hall–Kier alpha value is -2.43. The molecule has 0 unspecified atom stereocenters. The second-order valence-corrected chi connectivity index (χ2v) is 5.88. The van der Waals surface area contributed by atoms with E-state index in [4.69, 9.17) is 0 Å². The highest BCUT2D eigenvalue weighted by molar-refractivity contribution is 6.03. The predicted octanol–water partition coefficient (Wildman–Crippen LogP) is 3.98. The molecule has 1 heterocycles. The molecule has 0 bridgehead atoms. The molecule has 122 valence electrons. The molecule has 0 spiro atoms. The quantitative estimate of drug-likeness (QED) is 0.846. The Morgan fingerprint density at radius 3 is 2.57 bits per heavy atom. The number of nitrogens with zero attached hydrogens (tertiary/aromatic N) is 2. The van der Waals surface area contributed by atoms with Gasteiger partial charge in [0, 0.05) is 12.2 Å². The standard InChI is InChI=1S/C18H24N4O/c1-5-11-19-16-10-9-15(21-22-16)18(23)20-17-13(4)7-6-8-14(17)12(2)3/h6-10,12H,5,11H2,1-4H3,(H,19,22)(H,20,23). The van der Waals surface area contributed by atoms with Crippen LogP contribution in [0.25, 0.3) is 0 Å². The number of amides is 1. The first-order valence-electron chi connectivity index (χ1n) is 8.01. The smallest absolute Gasteiger partial charge is 0.276 e. The number of hydrogen-bond donors (Lipinski definition) is 2. The Balaban J connectivity index is 2.16. The van der Waals surface area contributed by atoms with E-state index in [-0.39, 0.29) is 5.91 Å². The van der Waals surface area contributed by atoms with E-state index in [1.165, 1.54) is 0 Å². The van der Waals surface area contributed by atoms with Gasteiger partial charge in [-0.25, -0.2) is 0 Å². The van der Waals surface area contributed by atoms with Crippen molar-refractivity contribution >= 4 is 17.4 Å². The van der Waals surface area contributed by atoms with Crippen molar-refractivity contribution in [1.29, 1.82) is 0 Å². The maximum absolute atomic E-state index is 12.4. The van der Waals surface area contributed by atoms with E-state index >= 15 is 0 Å². The molecule has 1 aromatic carbocycles. The van der Waals surface area contributed by atoms with Crippen LogP contribution in [0.3, 0.4) is 0 Å². The third-order valence-corrected chi connectivity index (χ3v) is 3.62. The van der Waals surface area contributed by atoms with E-state index in [1.807, 2.05) is 25.1 Å². The summed E-state index contributed by atoms with van der Waals surface area (Å²) >= 11 is 0. The van der Waals surface area contributed by atoms with Crippen molar-refractivity contribution in [1.82, 2.24) is 10.2 Å². The largest absolute Gasteiger partial charge is 0.369 e. The molecular formula is C18H24N4O. The summed E-state index contributed by atoms with van der Waals surface area (Å²) in [4.78, 5) is 12.4. The molecule has 23 heavy (non-hydrogen) atoms. The molecule has 5 heteroatoms. The van der Waals surface area contributed by atoms with Crippen LogP contribution in [-0.4, -0.2) is 22.6 Å². The number of hydrogen-bond acceptors (Lipinski definition) is 4. The van der Waals surface area contributed by atoms with Gasteiger partial charge in [0.2, 0.25) is 0 Å². The van der Waals surface area contributed by atoms with E-state index < -0.39 is 0 Å². The van der Waals surface area contributed by atoms with Crippen molar-refractivity contribution in [3.8, 4) is 0 Å². The first-order chi connectivity index (χ1) is 11.0. The minimum Gasteiger partial charge on any atom is -0.369 e. The minimum absolute atomic E-state index is 0.240. The average Bonchev–Trinajstić information content (AvgIpc) is 2.55. The third-order valence-electron chi connectivity index (χ3n) is 3.62. The van der Waals surface area contributed by atoms with Gasteiger partial charge in [0.15, 0.2) is 5.69 Å². The lowest BCUT2D eigenvalue weighted by Crippen LogP contribution is -2.17. The van der Waals surface area contributed by atoms with Crippen LogP contribution in [0.4, 0.5) is 11.5 Å². The Labute approximate surface area is 137 Å². The van der Waals surface area contributed by atoms with Crippen molar-refractivity contribution in [2.45, 2.75) is 40.0 Å². The van der Waals surface area contributed by atoms with Gasteiger partial charge in [0.1, 0.15) is 5.82 Å². The molecule has 1 aromatic heterocycles. The van der Waals surface area contributed by atoms with Gasteiger partial charge in [-0.05, 0) is 42.5 Å². The van der Waals surface area contributed by atoms with Gasteiger partial charge in [0.25, 0.3) is 5.91 Å². The monoisotopic (exact) mass is 312 g/mol. The lowest BCUT2D eigenvalue weighted by molar-refractivity contribution is 0.102. The SMILES string of the molecule is CCCNc1ccc(C(=O)Nc2c(C)cccc2C(C)C)nn1. The maximum atomic E-state index is 12.4. The highest BCUT2D eigenvalue weighted by atomic mass is 16.1. The summed E-state index contributed by atoms with van der Waals surface area (Å²) in [5.41, 5.74) is 3.33. The van der Waals surface area contributed by atoms with Gasteiger partial charge in [-0.15, -0.1) is 10.2 Å². The van der Waals surface area contributed by atoms with Gasteiger partial charge >= 0.3 is 0 Å². The van der Waals surface area contributed by atoms with E-state index in [1.54, 1.807) is 12.1 Å². The number of rotatable bonds is 6. The first-order valence-corrected chi connectivity index (χ1v) is 8.01. The number of anilines is 2. The summed E-state index contributed by atoms with van der Waals surface area (Å²) in [6, 6.07) is 9.50. The molecule has 0 fully saturated rings. The van der Waals surface area contributed by atoms with E-state index in [0.717, 1.165) is 29.8 Å². The predicted molar refractivity (Wildman–Crippen MR) is 94.0 cm³/mol. The molecule has 0 saturated carbocycles. The highest BCUT2D eigenvalue weighted by Crippen LogP contribution is 2.27. The van der Waals surface area contributed by atoms with Crippen molar-refractivity contribution in [3.05, 3.63) is 47.2 Å². The fourth-order valence-electron chi connectivity index (χ4n) is 2.32. The Kier molecular flexibility index (Phi) is 5.68. The average molecular weight is 312 g/mol. The van der Waals surface area contributed by atoms with Crippen molar-refractivity contribution < 1.29 is 4.79 Å². The van der Waals surface area contributed by atoms with E-state index in [2.05, 4.69) is 41.6 Å². The second-order valence-electron chi connectivity index (χ2n) is 5.88. The number of para-hydroxylation sites is 1. The Bertz CT molecular complexity index is 665. The van der Waals surface area contributed by atoms with Crippen LogP contribution < -0.4 is 10.6 Å². The Morgan fingerprint density at radius 2 is 1.96 bits per heavy atom. The fraction of sp³-hybridized carbons (Fsp3) is 0.389. The summed E-state index contributed by atoms with van der Waals surface area (Å²) in [6.45, 7) is 9.12.